The van der Waals surface area contributed by atoms with Gasteiger partial charge in [0.25, 0.3) is 0 Å². The summed E-state index contributed by atoms with van der Waals surface area (Å²) in [6.45, 7) is 2.31. The Morgan fingerprint density at radius 3 is 2.43 bits per heavy atom. The van der Waals surface area contributed by atoms with E-state index in [0.717, 1.165) is 46.7 Å². The highest BCUT2D eigenvalue weighted by Crippen LogP contribution is 2.41. The Labute approximate surface area is 187 Å². The molecule has 0 saturated carbocycles. The van der Waals surface area contributed by atoms with Gasteiger partial charge in [-0.2, -0.15) is 0 Å². The third-order valence-corrected chi connectivity index (χ3v) is 6.36. The van der Waals surface area contributed by atoms with E-state index in [2.05, 4.69) is 74.3 Å². The lowest BCUT2D eigenvalue weighted by atomic mass is 9.99. The minimum Gasteiger partial charge on any atom is -0.493 e. The van der Waals surface area contributed by atoms with Gasteiger partial charge >= 0.3 is 0 Å². The first-order valence-corrected chi connectivity index (χ1v) is 11.4. The molecule has 3 aromatic rings. The maximum atomic E-state index is 5.68. The molecular weight excluding hydrogens is 440 g/mol. The SMILES string of the molecule is COc1cc(Br)cc(-c2ccc(C(Cc3ccccc3)N3CCCCC3)[nH]2)c1OC. The van der Waals surface area contributed by atoms with Gasteiger partial charge in [0.05, 0.1) is 20.3 Å². The second-order valence-electron chi connectivity index (χ2n) is 7.82. The van der Waals surface area contributed by atoms with Crippen molar-refractivity contribution in [2.75, 3.05) is 27.3 Å². The lowest BCUT2D eigenvalue weighted by molar-refractivity contribution is 0.160. The Kier molecular flexibility index (Phi) is 6.80. The Balaban J connectivity index is 1.69. The van der Waals surface area contributed by atoms with Crippen LogP contribution in [0, 0.1) is 0 Å². The number of ether oxygens (including phenoxy) is 2. The van der Waals surface area contributed by atoms with Gasteiger partial charge < -0.3 is 14.5 Å². The summed E-state index contributed by atoms with van der Waals surface area (Å²) in [5.74, 6) is 1.46. The first-order valence-electron chi connectivity index (χ1n) is 10.6. The van der Waals surface area contributed by atoms with Gasteiger partial charge in [-0.3, -0.25) is 4.90 Å². The monoisotopic (exact) mass is 468 g/mol. The van der Waals surface area contributed by atoms with Crippen molar-refractivity contribution in [2.24, 2.45) is 0 Å². The molecule has 30 heavy (non-hydrogen) atoms. The van der Waals surface area contributed by atoms with E-state index in [0.29, 0.717) is 6.04 Å². The Bertz CT molecular complexity index is 965. The average Bonchev–Trinajstić information content (AvgIpc) is 3.28. The van der Waals surface area contributed by atoms with E-state index >= 15 is 0 Å². The molecule has 4 rings (SSSR count). The zero-order chi connectivity index (χ0) is 20.9. The second-order valence-corrected chi connectivity index (χ2v) is 8.73. The van der Waals surface area contributed by atoms with Crippen LogP contribution in [0.2, 0.25) is 0 Å². The fraction of sp³-hybridized carbons (Fsp3) is 0.360. The van der Waals surface area contributed by atoms with Crippen LogP contribution >= 0.6 is 15.9 Å². The molecule has 1 saturated heterocycles. The Morgan fingerprint density at radius 1 is 0.967 bits per heavy atom. The Hall–Kier alpha value is -2.24. The molecule has 1 unspecified atom stereocenters. The van der Waals surface area contributed by atoms with Gasteiger partial charge in [-0.15, -0.1) is 0 Å². The molecule has 1 N–H and O–H groups in total. The first-order chi connectivity index (χ1) is 14.7. The van der Waals surface area contributed by atoms with E-state index in [4.69, 9.17) is 9.47 Å². The van der Waals surface area contributed by atoms with Crippen molar-refractivity contribution in [1.29, 1.82) is 0 Å². The van der Waals surface area contributed by atoms with Crippen LogP contribution in [0.4, 0.5) is 0 Å². The number of nitrogens with zero attached hydrogens (tertiary/aromatic N) is 1. The van der Waals surface area contributed by atoms with Crippen molar-refractivity contribution in [3.63, 3.8) is 0 Å². The van der Waals surface area contributed by atoms with Crippen molar-refractivity contribution in [1.82, 2.24) is 9.88 Å². The molecule has 0 spiro atoms. The van der Waals surface area contributed by atoms with Gasteiger partial charge in [0.2, 0.25) is 0 Å². The summed E-state index contributed by atoms with van der Waals surface area (Å²) in [5, 5.41) is 0. The summed E-state index contributed by atoms with van der Waals surface area (Å²) < 4.78 is 12.2. The Morgan fingerprint density at radius 2 is 1.73 bits per heavy atom. The molecule has 1 aliphatic heterocycles. The first kappa shape index (κ1) is 21.0. The van der Waals surface area contributed by atoms with Gasteiger partial charge in [0.1, 0.15) is 0 Å². The van der Waals surface area contributed by atoms with Crippen molar-refractivity contribution in [3.8, 4) is 22.8 Å². The molecule has 1 aliphatic rings. The molecule has 1 atom stereocenters. The van der Waals surface area contributed by atoms with Crippen molar-refractivity contribution >= 4 is 15.9 Å². The summed E-state index contributed by atoms with van der Waals surface area (Å²) in [6.07, 6.45) is 4.88. The number of methoxy groups -OCH3 is 2. The summed E-state index contributed by atoms with van der Waals surface area (Å²) in [5.41, 5.74) is 4.64. The molecule has 0 aliphatic carbocycles. The lowest BCUT2D eigenvalue weighted by Crippen LogP contribution is -2.35. The number of aromatic amines is 1. The van der Waals surface area contributed by atoms with E-state index in [1.54, 1.807) is 14.2 Å². The van der Waals surface area contributed by atoms with Crippen LogP contribution in [0.5, 0.6) is 11.5 Å². The zero-order valence-corrected chi connectivity index (χ0v) is 19.2. The summed E-state index contributed by atoms with van der Waals surface area (Å²) in [4.78, 5) is 6.33. The zero-order valence-electron chi connectivity index (χ0n) is 17.7. The molecule has 0 amide bonds. The highest BCUT2D eigenvalue weighted by molar-refractivity contribution is 9.10. The van der Waals surface area contributed by atoms with Gasteiger partial charge in [0.15, 0.2) is 11.5 Å². The number of nitrogens with one attached hydrogen (secondary N) is 1. The highest BCUT2D eigenvalue weighted by Gasteiger charge is 2.25. The molecule has 1 aromatic heterocycles. The number of H-pyrrole nitrogens is 1. The fourth-order valence-corrected chi connectivity index (χ4v) is 4.83. The predicted molar refractivity (Wildman–Crippen MR) is 125 cm³/mol. The third-order valence-electron chi connectivity index (χ3n) is 5.90. The van der Waals surface area contributed by atoms with Crippen molar-refractivity contribution in [2.45, 2.75) is 31.7 Å². The number of hydrogen-bond donors (Lipinski definition) is 1. The average molecular weight is 469 g/mol. The largest absolute Gasteiger partial charge is 0.493 e. The number of benzene rings is 2. The number of likely N-dealkylation sites (tertiary alicyclic amines) is 1. The minimum absolute atomic E-state index is 0.335. The summed E-state index contributed by atoms with van der Waals surface area (Å²) >= 11 is 3.60. The van der Waals surface area contributed by atoms with Gasteiger partial charge in [-0.25, -0.2) is 0 Å². The summed E-state index contributed by atoms with van der Waals surface area (Å²) in [7, 11) is 3.35. The molecule has 0 radical (unpaired) electrons. The molecule has 158 valence electrons. The number of rotatable bonds is 7. The maximum Gasteiger partial charge on any atom is 0.170 e. The highest BCUT2D eigenvalue weighted by atomic mass is 79.9. The van der Waals surface area contributed by atoms with Crippen LogP contribution in [0.1, 0.15) is 36.6 Å². The molecule has 2 heterocycles. The predicted octanol–water partition coefficient (Wildman–Crippen LogP) is 6.23. The molecule has 0 bridgehead atoms. The van der Waals surface area contributed by atoms with Crippen molar-refractivity contribution in [3.05, 3.63) is 70.3 Å². The number of halogens is 1. The number of hydrogen-bond acceptors (Lipinski definition) is 3. The molecule has 2 aromatic carbocycles. The normalized spacial score (nSPS) is 15.7. The van der Waals surface area contributed by atoms with E-state index in [1.165, 1.54) is 30.5 Å². The van der Waals surface area contributed by atoms with Crippen LogP contribution in [0.3, 0.4) is 0 Å². The van der Waals surface area contributed by atoms with Crippen molar-refractivity contribution < 1.29 is 9.47 Å². The molecule has 5 heteroatoms. The van der Waals surface area contributed by atoms with Crippen LogP contribution in [0.25, 0.3) is 11.3 Å². The van der Waals surface area contributed by atoms with Gasteiger partial charge in [-0.05, 0) is 62.2 Å². The third kappa shape index (κ3) is 4.57. The van der Waals surface area contributed by atoms with Crippen LogP contribution in [0.15, 0.2) is 59.1 Å². The van der Waals surface area contributed by atoms with E-state index in [-0.39, 0.29) is 0 Å². The molecule has 1 fully saturated rings. The lowest BCUT2D eigenvalue weighted by Gasteiger charge is -2.34. The van der Waals surface area contributed by atoms with Gasteiger partial charge in [0, 0.05) is 21.4 Å². The standard InChI is InChI=1S/C25H29BrN2O2/c1-29-24-17-19(26)16-20(25(24)30-2)21-11-12-22(27-21)23(28-13-7-4-8-14-28)15-18-9-5-3-6-10-18/h3,5-6,9-12,16-17,23,27H,4,7-8,13-15H2,1-2H3. The van der Waals surface area contributed by atoms with Crippen LogP contribution in [-0.4, -0.2) is 37.2 Å². The summed E-state index contributed by atoms with van der Waals surface area (Å²) in [6, 6.07) is 19.5. The van der Waals surface area contributed by atoms with Crippen LogP contribution in [-0.2, 0) is 6.42 Å². The second kappa shape index (κ2) is 9.71. The number of piperidine rings is 1. The topological polar surface area (TPSA) is 37.5 Å². The quantitative estimate of drug-likeness (QED) is 0.446. The smallest absolute Gasteiger partial charge is 0.170 e. The minimum atomic E-state index is 0.335. The number of aromatic nitrogens is 1. The van der Waals surface area contributed by atoms with E-state index in [9.17, 15) is 0 Å². The van der Waals surface area contributed by atoms with Gasteiger partial charge in [-0.1, -0.05) is 52.7 Å². The molecular formula is C25H29BrN2O2. The van der Waals surface area contributed by atoms with E-state index in [1.807, 2.05) is 6.07 Å². The maximum absolute atomic E-state index is 5.68. The van der Waals surface area contributed by atoms with E-state index < -0.39 is 0 Å². The van der Waals surface area contributed by atoms with Crippen LogP contribution < -0.4 is 9.47 Å². The molecule has 4 nitrogen and oxygen atoms in total. The fourth-order valence-electron chi connectivity index (χ4n) is 4.40.